The Hall–Kier alpha value is -2.75. The van der Waals surface area contributed by atoms with Gasteiger partial charge in [-0.05, 0) is 22.0 Å². The van der Waals surface area contributed by atoms with E-state index < -0.39 is 28.3 Å². The van der Waals surface area contributed by atoms with Crippen LogP contribution in [0.25, 0.3) is 6.08 Å². The normalized spacial score (nSPS) is 16.9. The van der Waals surface area contributed by atoms with Crippen LogP contribution < -0.4 is 5.32 Å². The number of carbonyl (C=O) groups excluding carboxylic acids is 3. The molecule has 0 saturated carbocycles. The lowest BCUT2D eigenvalue weighted by atomic mass is 10.1. The molecule has 9 nitrogen and oxygen atoms in total. The van der Waals surface area contributed by atoms with Gasteiger partial charge >= 0.3 is 6.03 Å². The van der Waals surface area contributed by atoms with Crippen LogP contribution in [0.3, 0.4) is 0 Å². The molecule has 0 unspecified atom stereocenters. The molecule has 0 radical (unpaired) electrons. The number of hydrogen-bond acceptors (Lipinski definition) is 6. The predicted molar refractivity (Wildman–Crippen MR) is 76.7 cm³/mol. The Labute approximate surface area is 131 Å². The minimum atomic E-state index is -0.949. The highest BCUT2D eigenvalue weighted by Crippen LogP contribution is 2.34. The third kappa shape index (κ3) is 2.68. The lowest BCUT2D eigenvalue weighted by molar-refractivity contribution is -0.385. The number of benzene rings is 1. The van der Waals surface area contributed by atoms with E-state index in [2.05, 4.69) is 15.9 Å². The first kappa shape index (κ1) is 15.6. The van der Waals surface area contributed by atoms with Crippen LogP contribution in [-0.4, -0.2) is 39.8 Å². The van der Waals surface area contributed by atoms with Gasteiger partial charge in [-0.15, -0.1) is 0 Å². The van der Waals surface area contributed by atoms with Gasteiger partial charge in [-0.1, -0.05) is 0 Å². The maximum absolute atomic E-state index is 11.9. The number of nitrogens with one attached hydrogen (secondary N) is 1. The number of halogens is 1. The average molecular weight is 370 g/mol. The number of nitro groups is 1. The summed E-state index contributed by atoms with van der Waals surface area (Å²) in [4.78, 5) is 45.7. The third-order valence-electron chi connectivity index (χ3n) is 2.89. The average Bonchev–Trinajstić information content (AvgIpc) is 2.45. The summed E-state index contributed by atoms with van der Waals surface area (Å²) in [5.41, 5.74) is -0.878. The number of phenolic OH excluding ortho intramolecular Hbond substituents is 1. The van der Waals surface area contributed by atoms with Crippen molar-refractivity contribution in [1.29, 1.82) is 0 Å². The van der Waals surface area contributed by atoms with E-state index in [1.165, 1.54) is 7.05 Å². The zero-order chi connectivity index (χ0) is 16.6. The van der Waals surface area contributed by atoms with Gasteiger partial charge in [-0.3, -0.25) is 29.9 Å². The van der Waals surface area contributed by atoms with E-state index in [1.807, 2.05) is 5.32 Å². The lowest BCUT2D eigenvalue weighted by Crippen LogP contribution is -2.52. The van der Waals surface area contributed by atoms with Gasteiger partial charge in [0.05, 0.1) is 9.40 Å². The lowest BCUT2D eigenvalue weighted by Gasteiger charge is -2.22. The highest BCUT2D eigenvalue weighted by Gasteiger charge is 2.33. The number of nitro benzene ring substituents is 1. The predicted octanol–water partition coefficient (Wildman–Crippen LogP) is 1.15. The van der Waals surface area contributed by atoms with E-state index in [9.17, 15) is 29.6 Å². The summed E-state index contributed by atoms with van der Waals surface area (Å²) >= 11 is 2.95. The number of likely N-dealkylation sites (N-methyl/N-ethyl adjacent to an activating group) is 1. The summed E-state index contributed by atoms with van der Waals surface area (Å²) in [5.74, 6) is -2.20. The molecule has 1 aromatic rings. The second kappa shape index (κ2) is 5.56. The molecule has 1 aromatic carbocycles. The fourth-order valence-corrected chi connectivity index (χ4v) is 2.19. The van der Waals surface area contributed by atoms with E-state index in [-0.39, 0.29) is 21.5 Å². The number of imide groups is 2. The first-order valence-corrected chi connectivity index (χ1v) is 6.53. The summed E-state index contributed by atoms with van der Waals surface area (Å²) in [6, 6.07) is 1.21. The molecule has 0 aromatic heterocycles. The molecule has 1 fully saturated rings. The first-order valence-electron chi connectivity index (χ1n) is 5.74. The molecule has 114 valence electrons. The van der Waals surface area contributed by atoms with E-state index in [0.29, 0.717) is 4.90 Å². The quantitative estimate of drug-likeness (QED) is 0.348. The molecule has 0 atom stereocenters. The van der Waals surface area contributed by atoms with Crippen LogP contribution >= 0.6 is 15.9 Å². The topological polar surface area (TPSA) is 130 Å². The van der Waals surface area contributed by atoms with Gasteiger partial charge in [0.2, 0.25) is 0 Å². The van der Waals surface area contributed by atoms with Crippen molar-refractivity contribution in [2.45, 2.75) is 0 Å². The van der Waals surface area contributed by atoms with E-state index in [0.717, 1.165) is 18.2 Å². The zero-order valence-corrected chi connectivity index (χ0v) is 12.6. The number of nitrogens with zero attached hydrogens (tertiary/aromatic N) is 2. The minimum Gasteiger partial charge on any atom is -0.506 e. The molecule has 0 aliphatic carbocycles. The SMILES string of the molecule is CN1C(=O)NC(=O)C(=Cc2cc([N+](=O)[O-])cc(Br)c2O)C1=O. The van der Waals surface area contributed by atoms with Crippen LogP contribution in [0.15, 0.2) is 22.2 Å². The van der Waals surface area contributed by atoms with Crippen molar-refractivity contribution in [3.05, 3.63) is 37.9 Å². The maximum atomic E-state index is 11.9. The van der Waals surface area contributed by atoms with Crippen molar-refractivity contribution in [3.8, 4) is 5.75 Å². The molecular weight excluding hydrogens is 362 g/mol. The molecule has 10 heteroatoms. The number of aromatic hydroxyl groups is 1. The van der Waals surface area contributed by atoms with E-state index in [4.69, 9.17) is 0 Å². The van der Waals surface area contributed by atoms with Gasteiger partial charge in [0, 0.05) is 24.7 Å². The molecule has 1 aliphatic rings. The highest BCUT2D eigenvalue weighted by molar-refractivity contribution is 9.10. The standard InChI is InChI=1S/C12H8BrN3O6/c1-15-11(19)7(10(18)14-12(15)20)3-5-2-6(16(21)22)4-8(13)9(5)17/h2-4,17H,1H3,(H,14,18,20). The fraction of sp³-hybridized carbons (Fsp3) is 0.0833. The number of barbiturate groups is 1. The number of hydrogen-bond donors (Lipinski definition) is 2. The van der Waals surface area contributed by atoms with Crippen molar-refractivity contribution in [1.82, 2.24) is 10.2 Å². The molecule has 2 N–H and O–H groups in total. The van der Waals surface area contributed by atoms with Crippen molar-refractivity contribution < 1.29 is 24.4 Å². The highest BCUT2D eigenvalue weighted by atomic mass is 79.9. The number of urea groups is 1. The van der Waals surface area contributed by atoms with Crippen LogP contribution in [0.4, 0.5) is 10.5 Å². The largest absolute Gasteiger partial charge is 0.506 e. The second-order valence-electron chi connectivity index (χ2n) is 4.30. The second-order valence-corrected chi connectivity index (χ2v) is 5.16. The number of phenols is 1. The molecule has 0 spiro atoms. The molecule has 0 bridgehead atoms. The van der Waals surface area contributed by atoms with Gasteiger partial charge in [0.1, 0.15) is 11.3 Å². The summed E-state index contributed by atoms with van der Waals surface area (Å²) < 4.78 is 0.0293. The first-order chi connectivity index (χ1) is 10.2. The Bertz CT molecular complexity index is 757. The van der Waals surface area contributed by atoms with Crippen molar-refractivity contribution in [2.75, 3.05) is 7.05 Å². The maximum Gasteiger partial charge on any atom is 0.331 e. The minimum absolute atomic E-state index is 0.0293. The summed E-state index contributed by atoms with van der Waals surface area (Å²) in [5, 5.41) is 22.6. The van der Waals surface area contributed by atoms with Crippen molar-refractivity contribution in [3.63, 3.8) is 0 Å². The number of carbonyl (C=O) groups is 3. The third-order valence-corrected chi connectivity index (χ3v) is 3.50. The zero-order valence-electron chi connectivity index (χ0n) is 11.0. The van der Waals surface area contributed by atoms with E-state index in [1.54, 1.807) is 0 Å². The Morgan fingerprint density at radius 1 is 1.36 bits per heavy atom. The molecular formula is C12H8BrN3O6. The van der Waals surface area contributed by atoms with Crippen LogP contribution in [0.5, 0.6) is 5.75 Å². The Morgan fingerprint density at radius 2 is 2.00 bits per heavy atom. The Morgan fingerprint density at radius 3 is 2.59 bits per heavy atom. The smallest absolute Gasteiger partial charge is 0.331 e. The van der Waals surface area contributed by atoms with Crippen LogP contribution in [0.1, 0.15) is 5.56 Å². The fourth-order valence-electron chi connectivity index (χ4n) is 1.72. The van der Waals surface area contributed by atoms with Gasteiger partial charge < -0.3 is 5.11 Å². The van der Waals surface area contributed by atoms with Crippen molar-refractivity contribution >= 4 is 45.5 Å². The van der Waals surface area contributed by atoms with Gasteiger partial charge in [-0.25, -0.2) is 4.79 Å². The molecule has 4 amide bonds. The summed E-state index contributed by atoms with van der Waals surface area (Å²) in [6.07, 6.45) is 0.980. The molecule has 2 rings (SSSR count). The molecule has 22 heavy (non-hydrogen) atoms. The monoisotopic (exact) mass is 369 g/mol. The number of non-ortho nitro benzene ring substituents is 1. The van der Waals surface area contributed by atoms with Gasteiger partial charge in [0.15, 0.2) is 0 Å². The van der Waals surface area contributed by atoms with Crippen LogP contribution in [0, 0.1) is 10.1 Å². The Balaban J connectivity index is 2.57. The van der Waals surface area contributed by atoms with E-state index >= 15 is 0 Å². The molecule has 1 aliphatic heterocycles. The van der Waals surface area contributed by atoms with Gasteiger partial charge in [0.25, 0.3) is 17.5 Å². The van der Waals surface area contributed by atoms with Gasteiger partial charge in [-0.2, -0.15) is 0 Å². The van der Waals surface area contributed by atoms with Crippen LogP contribution in [-0.2, 0) is 9.59 Å². The number of rotatable bonds is 2. The van der Waals surface area contributed by atoms with Crippen molar-refractivity contribution in [2.24, 2.45) is 0 Å². The Kier molecular flexibility index (Phi) is 3.95. The molecule has 1 saturated heterocycles. The number of amides is 4. The summed E-state index contributed by atoms with van der Waals surface area (Å²) in [6.45, 7) is 0. The summed E-state index contributed by atoms with van der Waals surface area (Å²) in [7, 11) is 1.17. The van der Waals surface area contributed by atoms with Crippen LogP contribution in [0.2, 0.25) is 0 Å². The molecule has 1 heterocycles.